The number of rotatable bonds is 0. The molecule has 1 heterocycles. The van der Waals surface area contributed by atoms with Crippen molar-refractivity contribution in [1.29, 1.82) is 0 Å². The maximum atomic E-state index is 12.4. The molecule has 1 atom stereocenters. The third-order valence-corrected chi connectivity index (χ3v) is 5.92. The van der Waals surface area contributed by atoms with E-state index in [4.69, 9.17) is 0 Å². The van der Waals surface area contributed by atoms with E-state index in [-0.39, 0.29) is 10.6 Å². The summed E-state index contributed by atoms with van der Waals surface area (Å²) in [4.78, 5) is 0.366. The summed E-state index contributed by atoms with van der Waals surface area (Å²) >= 11 is 3.62. The Labute approximate surface area is 115 Å². The Bertz CT molecular complexity index is 707. The summed E-state index contributed by atoms with van der Waals surface area (Å²) in [6.07, 6.45) is 0. The van der Waals surface area contributed by atoms with Gasteiger partial charge in [0.1, 0.15) is 0 Å². The SMILES string of the molecule is O=S1(=O)Cc2ccccc2[C@@H](Br)c2ccccc21. The van der Waals surface area contributed by atoms with Gasteiger partial charge in [-0.1, -0.05) is 58.4 Å². The van der Waals surface area contributed by atoms with E-state index in [0.29, 0.717) is 4.90 Å². The van der Waals surface area contributed by atoms with E-state index < -0.39 is 9.84 Å². The predicted molar refractivity (Wildman–Crippen MR) is 74.5 cm³/mol. The Kier molecular flexibility index (Phi) is 2.79. The molecule has 0 bridgehead atoms. The predicted octanol–water partition coefficient (Wildman–Crippen LogP) is 3.46. The average Bonchev–Trinajstić information content (AvgIpc) is 2.45. The second-order valence-corrected chi connectivity index (χ2v) is 7.23. The molecule has 0 saturated carbocycles. The lowest BCUT2D eigenvalue weighted by atomic mass is 10.0. The molecule has 4 heteroatoms. The molecule has 1 aliphatic rings. The summed E-state index contributed by atoms with van der Waals surface area (Å²) in [5.41, 5.74) is 2.73. The molecule has 0 aromatic heterocycles. The van der Waals surface area contributed by atoms with Crippen LogP contribution in [0.3, 0.4) is 0 Å². The number of benzene rings is 2. The summed E-state index contributed by atoms with van der Waals surface area (Å²) < 4.78 is 24.8. The quantitative estimate of drug-likeness (QED) is 0.696. The van der Waals surface area contributed by atoms with E-state index in [9.17, 15) is 8.42 Å². The Hall–Kier alpha value is -1.13. The second-order valence-electron chi connectivity index (χ2n) is 4.36. The lowest BCUT2D eigenvalue weighted by Crippen LogP contribution is -2.04. The topological polar surface area (TPSA) is 34.1 Å². The highest BCUT2D eigenvalue weighted by Gasteiger charge is 2.29. The molecule has 2 nitrogen and oxygen atoms in total. The van der Waals surface area contributed by atoms with E-state index >= 15 is 0 Å². The van der Waals surface area contributed by atoms with Crippen molar-refractivity contribution in [2.45, 2.75) is 15.5 Å². The Morgan fingerprint density at radius 2 is 1.56 bits per heavy atom. The first-order valence-electron chi connectivity index (χ1n) is 5.63. The lowest BCUT2D eigenvalue weighted by molar-refractivity contribution is 0.595. The Balaban J connectivity index is 2.35. The minimum Gasteiger partial charge on any atom is -0.223 e. The van der Waals surface area contributed by atoms with E-state index in [1.54, 1.807) is 12.1 Å². The number of halogens is 1. The summed E-state index contributed by atoms with van der Waals surface area (Å²) in [5, 5.41) is 0. The van der Waals surface area contributed by atoms with Crippen LogP contribution in [0.25, 0.3) is 0 Å². The fourth-order valence-corrected chi connectivity index (χ4v) is 4.99. The molecule has 0 N–H and O–H groups in total. The van der Waals surface area contributed by atoms with Crippen molar-refractivity contribution in [1.82, 2.24) is 0 Å². The van der Waals surface area contributed by atoms with Gasteiger partial charge in [-0.05, 0) is 22.8 Å². The second kappa shape index (κ2) is 4.21. The van der Waals surface area contributed by atoms with E-state index in [0.717, 1.165) is 16.7 Å². The average molecular weight is 323 g/mol. The molecule has 0 aliphatic carbocycles. The molecular formula is C14H11BrO2S. The van der Waals surface area contributed by atoms with Gasteiger partial charge in [-0.2, -0.15) is 0 Å². The van der Waals surface area contributed by atoms with Crippen LogP contribution >= 0.6 is 15.9 Å². The van der Waals surface area contributed by atoms with Crippen LogP contribution in [0, 0.1) is 0 Å². The standard InChI is InChI=1S/C14H11BrO2S/c15-14-11-6-2-1-5-10(11)9-18(16,17)13-8-4-3-7-12(13)14/h1-8,14H,9H2/t14-/m1/s1. The highest BCUT2D eigenvalue weighted by atomic mass is 79.9. The highest BCUT2D eigenvalue weighted by molar-refractivity contribution is 9.09. The summed E-state index contributed by atoms with van der Waals surface area (Å²) in [7, 11) is -3.25. The van der Waals surface area contributed by atoms with Crippen molar-refractivity contribution in [3.8, 4) is 0 Å². The Morgan fingerprint density at radius 1 is 0.944 bits per heavy atom. The van der Waals surface area contributed by atoms with Crippen LogP contribution in [0.4, 0.5) is 0 Å². The van der Waals surface area contributed by atoms with Crippen molar-refractivity contribution in [2.75, 3.05) is 0 Å². The molecule has 0 unspecified atom stereocenters. The number of hydrogen-bond donors (Lipinski definition) is 0. The van der Waals surface area contributed by atoms with Crippen molar-refractivity contribution < 1.29 is 8.42 Å². The number of hydrogen-bond acceptors (Lipinski definition) is 2. The van der Waals surface area contributed by atoms with Crippen LogP contribution in [0.1, 0.15) is 21.5 Å². The van der Waals surface area contributed by atoms with E-state index in [2.05, 4.69) is 15.9 Å². The van der Waals surface area contributed by atoms with Gasteiger partial charge in [-0.25, -0.2) is 8.42 Å². The Morgan fingerprint density at radius 3 is 2.33 bits per heavy atom. The molecule has 2 aromatic rings. The smallest absolute Gasteiger partial charge is 0.182 e. The molecule has 0 fully saturated rings. The first-order chi connectivity index (χ1) is 8.59. The molecule has 0 saturated heterocycles. The summed E-state index contributed by atoms with van der Waals surface area (Å²) in [6, 6.07) is 14.9. The fraction of sp³-hybridized carbons (Fsp3) is 0.143. The van der Waals surface area contributed by atoms with Crippen LogP contribution in [-0.2, 0) is 15.6 Å². The zero-order valence-corrected chi connectivity index (χ0v) is 11.9. The van der Waals surface area contributed by atoms with Gasteiger partial charge in [0.2, 0.25) is 0 Å². The van der Waals surface area contributed by atoms with Crippen molar-refractivity contribution in [2.24, 2.45) is 0 Å². The van der Waals surface area contributed by atoms with Gasteiger partial charge < -0.3 is 0 Å². The van der Waals surface area contributed by atoms with Gasteiger partial charge in [-0.15, -0.1) is 0 Å². The van der Waals surface area contributed by atoms with Gasteiger partial charge in [0.25, 0.3) is 0 Å². The van der Waals surface area contributed by atoms with Gasteiger partial charge >= 0.3 is 0 Å². The first-order valence-corrected chi connectivity index (χ1v) is 8.20. The molecule has 2 aromatic carbocycles. The highest BCUT2D eigenvalue weighted by Crippen LogP contribution is 2.40. The normalized spacial score (nSPS) is 20.6. The largest absolute Gasteiger partial charge is 0.223 e. The van der Waals surface area contributed by atoms with E-state index in [1.807, 2.05) is 36.4 Å². The molecule has 18 heavy (non-hydrogen) atoms. The molecule has 3 rings (SSSR count). The van der Waals surface area contributed by atoms with Crippen molar-refractivity contribution >= 4 is 25.8 Å². The fourth-order valence-electron chi connectivity index (χ4n) is 2.34. The number of fused-ring (bicyclic) bond motifs is 2. The van der Waals surface area contributed by atoms with Gasteiger partial charge in [0, 0.05) is 0 Å². The van der Waals surface area contributed by atoms with Crippen molar-refractivity contribution in [3.63, 3.8) is 0 Å². The third-order valence-electron chi connectivity index (χ3n) is 3.20. The van der Waals surface area contributed by atoms with Crippen LogP contribution in [-0.4, -0.2) is 8.42 Å². The molecule has 0 spiro atoms. The minimum atomic E-state index is -3.25. The summed E-state index contributed by atoms with van der Waals surface area (Å²) in [5.74, 6) is 0.0717. The maximum Gasteiger partial charge on any atom is 0.182 e. The third kappa shape index (κ3) is 1.80. The lowest BCUT2D eigenvalue weighted by Gasteiger charge is -2.12. The van der Waals surface area contributed by atoms with Crippen LogP contribution < -0.4 is 0 Å². The van der Waals surface area contributed by atoms with Gasteiger partial charge in [-0.3, -0.25) is 0 Å². The van der Waals surface area contributed by atoms with Crippen LogP contribution in [0.5, 0.6) is 0 Å². The zero-order chi connectivity index (χ0) is 12.8. The molecular weight excluding hydrogens is 312 g/mol. The zero-order valence-electron chi connectivity index (χ0n) is 9.51. The summed E-state index contributed by atoms with van der Waals surface area (Å²) in [6.45, 7) is 0. The van der Waals surface area contributed by atoms with Gasteiger partial charge in [0.05, 0.1) is 15.5 Å². The maximum absolute atomic E-state index is 12.4. The van der Waals surface area contributed by atoms with Crippen LogP contribution in [0.15, 0.2) is 53.4 Å². The van der Waals surface area contributed by atoms with Crippen molar-refractivity contribution in [3.05, 3.63) is 65.2 Å². The first kappa shape index (κ1) is 11.9. The monoisotopic (exact) mass is 322 g/mol. The molecule has 92 valence electrons. The minimum absolute atomic E-state index is 0.0674. The van der Waals surface area contributed by atoms with Gasteiger partial charge in [0.15, 0.2) is 9.84 Å². The van der Waals surface area contributed by atoms with E-state index in [1.165, 1.54) is 0 Å². The number of sulfone groups is 1. The van der Waals surface area contributed by atoms with Crippen LogP contribution in [0.2, 0.25) is 0 Å². The molecule has 0 amide bonds. The molecule has 0 radical (unpaired) electrons. The number of alkyl halides is 1. The molecule has 1 aliphatic heterocycles.